The molecule has 1 aliphatic carbocycles. The molecule has 0 atom stereocenters. The summed E-state index contributed by atoms with van der Waals surface area (Å²) in [5, 5.41) is 7.36. The second kappa shape index (κ2) is 5.89. The lowest BCUT2D eigenvalue weighted by molar-refractivity contribution is -0.113. The van der Waals surface area contributed by atoms with Gasteiger partial charge in [0, 0.05) is 17.5 Å². The first kappa shape index (κ1) is 14.1. The van der Waals surface area contributed by atoms with Crippen molar-refractivity contribution >= 4 is 23.5 Å². The van der Waals surface area contributed by atoms with Gasteiger partial charge in [0.15, 0.2) is 0 Å². The average Bonchev–Trinajstić information content (AvgIpc) is 3.01. The van der Waals surface area contributed by atoms with Crippen LogP contribution in [0, 0.1) is 5.82 Å². The van der Waals surface area contributed by atoms with Gasteiger partial charge in [0.05, 0.1) is 11.4 Å². The minimum Gasteiger partial charge on any atom is -0.310 e. The van der Waals surface area contributed by atoms with Gasteiger partial charge in [0.1, 0.15) is 11.6 Å². The smallest absolute Gasteiger partial charge is 0.235 e. The molecule has 4 nitrogen and oxygen atoms in total. The molecule has 0 saturated heterocycles. The molecular weight excluding hydrogens is 289 g/mol. The number of amides is 1. The van der Waals surface area contributed by atoms with E-state index in [2.05, 4.69) is 10.4 Å². The topological polar surface area (TPSA) is 46.9 Å². The van der Waals surface area contributed by atoms with Crippen LogP contribution >= 0.6 is 11.8 Å². The highest BCUT2D eigenvalue weighted by molar-refractivity contribution is 8.00. The van der Waals surface area contributed by atoms with Gasteiger partial charge in [0.2, 0.25) is 5.91 Å². The highest BCUT2D eigenvalue weighted by Gasteiger charge is 2.21. The number of halogens is 1. The van der Waals surface area contributed by atoms with Crippen LogP contribution in [-0.4, -0.2) is 21.4 Å². The first-order valence-corrected chi connectivity index (χ1v) is 7.85. The van der Waals surface area contributed by atoms with Gasteiger partial charge in [-0.25, -0.2) is 4.39 Å². The fourth-order valence-electron chi connectivity index (χ4n) is 2.52. The molecular formula is C15H16FN3OS. The standard InChI is InChI=1S/C15H16FN3OS/c1-19-15(12-3-2-4-13(12)18-19)17-14(20)9-21-11-7-5-10(16)6-8-11/h5-8H,2-4,9H2,1H3,(H,17,20). The number of benzene rings is 1. The van der Waals surface area contributed by atoms with E-state index in [9.17, 15) is 9.18 Å². The lowest BCUT2D eigenvalue weighted by atomic mass is 10.2. The molecule has 0 saturated carbocycles. The van der Waals surface area contributed by atoms with E-state index in [1.165, 1.54) is 23.9 Å². The van der Waals surface area contributed by atoms with Crippen LogP contribution in [0.3, 0.4) is 0 Å². The predicted octanol–water partition coefficient (Wildman–Crippen LogP) is 2.78. The summed E-state index contributed by atoms with van der Waals surface area (Å²) in [4.78, 5) is 12.9. The van der Waals surface area contributed by atoms with Crippen LogP contribution in [0.4, 0.5) is 10.2 Å². The summed E-state index contributed by atoms with van der Waals surface area (Å²) in [7, 11) is 1.85. The van der Waals surface area contributed by atoms with E-state index in [4.69, 9.17) is 0 Å². The second-order valence-electron chi connectivity index (χ2n) is 5.04. The molecule has 1 aliphatic rings. The van der Waals surface area contributed by atoms with Crippen molar-refractivity contribution in [3.8, 4) is 0 Å². The van der Waals surface area contributed by atoms with Gasteiger partial charge < -0.3 is 5.32 Å². The third-order valence-corrected chi connectivity index (χ3v) is 4.52. The molecule has 110 valence electrons. The molecule has 0 bridgehead atoms. The number of carbonyl (C=O) groups excluding carboxylic acids is 1. The second-order valence-corrected chi connectivity index (χ2v) is 6.09. The third kappa shape index (κ3) is 3.10. The predicted molar refractivity (Wildman–Crippen MR) is 81.0 cm³/mol. The van der Waals surface area contributed by atoms with Gasteiger partial charge >= 0.3 is 0 Å². The molecule has 3 rings (SSSR count). The molecule has 1 amide bonds. The number of fused-ring (bicyclic) bond motifs is 1. The first-order valence-electron chi connectivity index (χ1n) is 6.86. The molecule has 0 aliphatic heterocycles. The van der Waals surface area contributed by atoms with Crippen LogP contribution in [0.15, 0.2) is 29.2 Å². The zero-order valence-corrected chi connectivity index (χ0v) is 12.5. The van der Waals surface area contributed by atoms with Gasteiger partial charge in [-0.3, -0.25) is 9.48 Å². The van der Waals surface area contributed by atoms with Crippen molar-refractivity contribution < 1.29 is 9.18 Å². The monoisotopic (exact) mass is 305 g/mol. The van der Waals surface area contributed by atoms with Crippen LogP contribution in [0.2, 0.25) is 0 Å². The van der Waals surface area contributed by atoms with Crippen LogP contribution < -0.4 is 5.32 Å². The van der Waals surface area contributed by atoms with Crippen molar-refractivity contribution in [3.05, 3.63) is 41.3 Å². The lowest BCUT2D eigenvalue weighted by Crippen LogP contribution is -2.17. The summed E-state index contributed by atoms with van der Waals surface area (Å²) in [6.45, 7) is 0. The van der Waals surface area contributed by atoms with Crippen LogP contribution in [0.1, 0.15) is 17.7 Å². The molecule has 0 fully saturated rings. The van der Waals surface area contributed by atoms with E-state index in [0.717, 1.165) is 41.2 Å². The van der Waals surface area contributed by atoms with E-state index < -0.39 is 0 Å². The highest BCUT2D eigenvalue weighted by Crippen LogP contribution is 2.28. The van der Waals surface area contributed by atoms with Crippen molar-refractivity contribution in [2.24, 2.45) is 7.05 Å². The Bertz CT molecular complexity index is 666. The molecule has 1 aromatic carbocycles. The Balaban J connectivity index is 1.61. The number of rotatable bonds is 4. The number of nitrogens with one attached hydrogen (secondary N) is 1. The maximum atomic E-state index is 12.8. The Morgan fingerprint density at radius 1 is 1.38 bits per heavy atom. The van der Waals surface area contributed by atoms with E-state index in [0.29, 0.717) is 5.75 Å². The van der Waals surface area contributed by atoms with Crippen molar-refractivity contribution in [3.63, 3.8) is 0 Å². The molecule has 0 radical (unpaired) electrons. The Morgan fingerprint density at radius 2 is 2.14 bits per heavy atom. The van der Waals surface area contributed by atoms with Crippen molar-refractivity contribution in [1.82, 2.24) is 9.78 Å². The molecule has 6 heteroatoms. The summed E-state index contributed by atoms with van der Waals surface area (Å²) in [6, 6.07) is 6.15. The van der Waals surface area contributed by atoms with E-state index in [1.807, 2.05) is 7.05 Å². The van der Waals surface area contributed by atoms with E-state index >= 15 is 0 Å². The zero-order valence-electron chi connectivity index (χ0n) is 11.7. The normalized spacial score (nSPS) is 13.2. The fraction of sp³-hybridized carbons (Fsp3) is 0.333. The summed E-state index contributed by atoms with van der Waals surface area (Å²) in [6.07, 6.45) is 3.07. The van der Waals surface area contributed by atoms with Crippen LogP contribution in [0.5, 0.6) is 0 Å². The number of carbonyl (C=O) groups is 1. The van der Waals surface area contributed by atoms with E-state index in [-0.39, 0.29) is 11.7 Å². The fourth-order valence-corrected chi connectivity index (χ4v) is 3.22. The van der Waals surface area contributed by atoms with Crippen LogP contribution in [-0.2, 0) is 24.7 Å². The Labute approximate surface area is 126 Å². The van der Waals surface area contributed by atoms with Crippen LogP contribution in [0.25, 0.3) is 0 Å². The summed E-state index contributed by atoms with van der Waals surface area (Å²) in [5.74, 6) is 0.773. The first-order chi connectivity index (χ1) is 10.1. The van der Waals surface area contributed by atoms with Crippen molar-refractivity contribution in [1.29, 1.82) is 0 Å². The summed E-state index contributed by atoms with van der Waals surface area (Å²) >= 11 is 1.39. The van der Waals surface area contributed by atoms with Crippen molar-refractivity contribution in [2.75, 3.05) is 11.1 Å². The largest absolute Gasteiger partial charge is 0.310 e. The number of aryl methyl sites for hydroxylation is 2. The molecule has 1 aromatic heterocycles. The maximum Gasteiger partial charge on any atom is 0.235 e. The Hall–Kier alpha value is -1.82. The molecule has 1 heterocycles. The highest BCUT2D eigenvalue weighted by atomic mass is 32.2. The SMILES string of the molecule is Cn1nc2c(c1NC(=O)CSc1ccc(F)cc1)CCC2. The van der Waals surface area contributed by atoms with Gasteiger partial charge in [-0.15, -0.1) is 11.8 Å². The van der Waals surface area contributed by atoms with Gasteiger partial charge in [0.25, 0.3) is 0 Å². The quantitative estimate of drug-likeness (QED) is 0.884. The Kier molecular flexibility index (Phi) is 3.96. The average molecular weight is 305 g/mol. The number of anilines is 1. The molecule has 2 aromatic rings. The summed E-state index contributed by atoms with van der Waals surface area (Å²) < 4.78 is 14.6. The zero-order chi connectivity index (χ0) is 14.8. The third-order valence-electron chi connectivity index (χ3n) is 3.51. The molecule has 1 N–H and O–H groups in total. The van der Waals surface area contributed by atoms with Gasteiger partial charge in [-0.2, -0.15) is 5.10 Å². The number of thioether (sulfide) groups is 1. The number of nitrogens with zero attached hydrogens (tertiary/aromatic N) is 2. The molecule has 0 unspecified atom stereocenters. The Morgan fingerprint density at radius 3 is 2.90 bits per heavy atom. The number of hydrogen-bond donors (Lipinski definition) is 1. The molecule has 0 spiro atoms. The number of hydrogen-bond acceptors (Lipinski definition) is 3. The van der Waals surface area contributed by atoms with Gasteiger partial charge in [-0.1, -0.05) is 0 Å². The maximum absolute atomic E-state index is 12.8. The van der Waals surface area contributed by atoms with Gasteiger partial charge in [-0.05, 0) is 43.5 Å². The molecule has 21 heavy (non-hydrogen) atoms. The minimum absolute atomic E-state index is 0.0676. The summed E-state index contributed by atoms with van der Waals surface area (Å²) in [5.41, 5.74) is 2.26. The number of aromatic nitrogens is 2. The minimum atomic E-state index is -0.269. The van der Waals surface area contributed by atoms with Crippen molar-refractivity contribution in [2.45, 2.75) is 24.2 Å². The lowest BCUT2D eigenvalue weighted by Gasteiger charge is -2.07. The van der Waals surface area contributed by atoms with E-state index in [1.54, 1.807) is 16.8 Å².